The van der Waals surface area contributed by atoms with Crippen LogP contribution in [0.4, 0.5) is 5.69 Å². The van der Waals surface area contributed by atoms with E-state index in [9.17, 15) is 4.79 Å². The fourth-order valence-corrected chi connectivity index (χ4v) is 2.71. The maximum Gasteiger partial charge on any atom is 0.257 e. The Morgan fingerprint density at radius 1 is 1.26 bits per heavy atom. The molecular formula is C14H12ClIN2O. The monoisotopic (exact) mass is 386 g/mol. The Labute approximate surface area is 130 Å². The minimum Gasteiger partial charge on any atom is -0.321 e. The molecule has 2 rings (SSSR count). The van der Waals surface area contributed by atoms with Crippen LogP contribution in [-0.2, 0) is 0 Å². The van der Waals surface area contributed by atoms with E-state index in [1.807, 2.05) is 19.9 Å². The van der Waals surface area contributed by atoms with E-state index >= 15 is 0 Å². The van der Waals surface area contributed by atoms with Gasteiger partial charge in [-0.25, -0.2) is 0 Å². The second-order valence-corrected chi connectivity index (χ2v) is 5.76. The average Bonchev–Trinajstić information content (AvgIpc) is 2.32. The summed E-state index contributed by atoms with van der Waals surface area (Å²) in [5, 5.41) is 3.52. The molecule has 1 heterocycles. The van der Waals surface area contributed by atoms with E-state index in [-0.39, 0.29) is 5.91 Å². The summed E-state index contributed by atoms with van der Waals surface area (Å²) < 4.78 is 0.899. The highest BCUT2D eigenvalue weighted by Crippen LogP contribution is 2.23. The maximum atomic E-state index is 12.2. The number of anilines is 1. The first-order valence-electron chi connectivity index (χ1n) is 5.68. The van der Waals surface area contributed by atoms with E-state index in [0.717, 1.165) is 20.6 Å². The molecule has 0 aliphatic carbocycles. The van der Waals surface area contributed by atoms with Gasteiger partial charge in [-0.3, -0.25) is 9.78 Å². The summed E-state index contributed by atoms with van der Waals surface area (Å²) in [6.45, 7) is 3.73. The van der Waals surface area contributed by atoms with Gasteiger partial charge in [0.2, 0.25) is 0 Å². The first-order valence-corrected chi connectivity index (χ1v) is 7.13. The number of nitrogens with one attached hydrogen (secondary N) is 1. The fourth-order valence-electron chi connectivity index (χ4n) is 1.71. The third kappa shape index (κ3) is 3.45. The van der Waals surface area contributed by atoms with Crippen LogP contribution in [-0.4, -0.2) is 10.9 Å². The Hall–Kier alpha value is -1.14. The van der Waals surface area contributed by atoms with Crippen LogP contribution in [0.1, 0.15) is 21.7 Å². The van der Waals surface area contributed by atoms with Gasteiger partial charge in [0, 0.05) is 14.3 Å². The summed E-state index contributed by atoms with van der Waals surface area (Å²) in [7, 11) is 0. The van der Waals surface area contributed by atoms with Gasteiger partial charge in [0.05, 0.1) is 16.9 Å². The fraction of sp³-hybridized carbons (Fsp3) is 0.143. The molecule has 98 valence electrons. The molecule has 0 saturated heterocycles. The Morgan fingerprint density at radius 3 is 2.63 bits per heavy atom. The third-order valence-electron chi connectivity index (χ3n) is 2.65. The topological polar surface area (TPSA) is 42.0 Å². The number of benzene rings is 1. The molecule has 1 aromatic carbocycles. The van der Waals surface area contributed by atoms with Crippen molar-refractivity contribution in [2.24, 2.45) is 0 Å². The zero-order valence-electron chi connectivity index (χ0n) is 10.5. The average molecular weight is 387 g/mol. The minimum atomic E-state index is -0.162. The van der Waals surface area contributed by atoms with Gasteiger partial charge in [-0.05, 0) is 66.8 Å². The van der Waals surface area contributed by atoms with Gasteiger partial charge >= 0.3 is 0 Å². The zero-order valence-corrected chi connectivity index (χ0v) is 13.4. The molecule has 0 bridgehead atoms. The summed E-state index contributed by atoms with van der Waals surface area (Å²) in [5.41, 5.74) is 2.95. The molecule has 1 aromatic heterocycles. The van der Waals surface area contributed by atoms with Crippen molar-refractivity contribution in [1.29, 1.82) is 0 Å². The summed E-state index contributed by atoms with van der Waals surface area (Å²) in [6.07, 6.45) is 0. The molecule has 19 heavy (non-hydrogen) atoms. The van der Waals surface area contributed by atoms with Crippen molar-refractivity contribution >= 4 is 45.8 Å². The Kier molecular flexibility index (Phi) is 4.42. The molecule has 0 radical (unpaired) electrons. The highest BCUT2D eigenvalue weighted by Gasteiger charge is 2.11. The van der Waals surface area contributed by atoms with Gasteiger partial charge < -0.3 is 5.32 Å². The molecule has 0 aliphatic rings. The highest BCUT2D eigenvalue weighted by atomic mass is 127. The summed E-state index contributed by atoms with van der Waals surface area (Å²) >= 11 is 8.02. The smallest absolute Gasteiger partial charge is 0.257 e. The van der Waals surface area contributed by atoms with Gasteiger partial charge in [-0.1, -0.05) is 11.6 Å². The number of pyridine rings is 1. The van der Waals surface area contributed by atoms with Crippen molar-refractivity contribution in [3.8, 4) is 0 Å². The van der Waals surface area contributed by atoms with E-state index in [1.165, 1.54) is 0 Å². The van der Waals surface area contributed by atoms with Crippen molar-refractivity contribution < 1.29 is 4.79 Å². The van der Waals surface area contributed by atoms with E-state index in [2.05, 4.69) is 32.9 Å². The van der Waals surface area contributed by atoms with Crippen LogP contribution in [0.2, 0.25) is 5.02 Å². The van der Waals surface area contributed by atoms with E-state index < -0.39 is 0 Å². The quantitative estimate of drug-likeness (QED) is 0.786. The van der Waals surface area contributed by atoms with Crippen molar-refractivity contribution in [1.82, 2.24) is 4.98 Å². The van der Waals surface area contributed by atoms with Crippen molar-refractivity contribution in [3.63, 3.8) is 0 Å². The molecule has 0 atom stereocenters. The molecule has 3 nitrogen and oxygen atoms in total. The summed E-state index contributed by atoms with van der Waals surface area (Å²) in [6, 6.07) is 8.96. The lowest BCUT2D eigenvalue weighted by Crippen LogP contribution is -2.15. The number of aryl methyl sites for hydroxylation is 2. The maximum absolute atomic E-state index is 12.2. The number of hydrogen-bond acceptors (Lipinski definition) is 2. The normalized spacial score (nSPS) is 10.3. The molecule has 0 aliphatic heterocycles. The lowest BCUT2D eigenvalue weighted by atomic mass is 10.1. The predicted octanol–water partition coefficient (Wildman–Crippen LogP) is 4.21. The van der Waals surface area contributed by atoms with Gasteiger partial charge in [0.25, 0.3) is 5.91 Å². The SMILES string of the molecule is Cc1ccc(C(=O)Nc2ccc(Cl)cc2I)c(C)n1. The second-order valence-electron chi connectivity index (χ2n) is 4.16. The predicted molar refractivity (Wildman–Crippen MR) is 85.8 cm³/mol. The lowest BCUT2D eigenvalue weighted by Gasteiger charge is -2.09. The van der Waals surface area contributed by atoms with Crippen LogP contribution in [0.5, 0.6) is 0 Å². The van der Waals surface area contributed by atoms with Crippen molar-refractivity contribution in [2.45, 2.75) is 13.8 Å². The number of amides is 1. The third-order valence-corrected chi connectivity index (χ3v) is 3.78. The van der Waals surface area contributed by atoms with Crippen molar-refractivity contribution in [2.75, 3.05) is 5.32 Å². The Balaban J connectivity index is 2.25. The van der Waals surface area contributed by atoms with Crippen molar-refractivity contribution in [3.05, 3.63) is 55.9 Å². The standard InChI is InChI=1S/C14H12ClIN2O/c1-8-3-5-11(9(2)17-8)14(19)18-13-6-4-10(15)7-12(13)16/h3-7H,1-2H3,(H,18,19). The first-order chi connectivity index (χ1) is 8.97. The number of nitrogens with zero attached hydrogens (tertiary/aromatic N) is 1. The first kappa shape index (κ1) is 14.3. The molecule has 1 N–H and O–H groups in total. The van der Waals surface area contributed by atoms with Crippen LogP contribution in [0.15, 0.2) is 30.3 Å². The summed E-state index contributed by atoms with van der Waals surface area (Å²) in [4.78, 5) is 16.5. The van der Waals surface area contributed by atoms with E-state index in [4.69, 9.17) is 11.6 Å². The molecule has 0 spiro atoms. The number of carbonyl (C=O) groups excluding carboxylic acids is 1. The van der Waals surface area contributed by atoms with Crippen LogP contribution in [0.25, 0.3) is 0 Å². The number of hydrogen-bond donors (Lipinski definition) is 1. The van der Waals surface area contributed by atoms with E-state index in [0.29, 0.717) is 10.6 Å². The number of aromatic nitrogens is 1. The molecule has 2 aromatic rings. The van der Waals surface area contributed by atoms with Crippen LogP contribution in [0, 0.1) is 17.4 Å². The summed E-state index contributed by atoms with van der Waals surface area (Å²) in [5.74, 6) is -0.162. The zero-order chi connectivity index (χ0) is 14.0. The minimum absolute atomic E-state index is 0.162. The lowest BCUT2D eigenvalue weighted by molar-refractivity contribution is 0.102. The molecule has 0 saturated carbocycles. The number of carbonyl (C=O) groups is 1. The largest absolute Gasteiger partial charge is 0.321 e. The van der Waals surface area contributed by atoms with Gasteiger partial charge in [0.15, 0.2) is 0 Å². The molecule has 5 heteroatoms. The Bertz CT molecular complexity index is 643. The highest BCUT2D eigenvalue weighted by molar-refractivity contribution is 14.1. The molecule has 1 amide bonds. The van der Waals surface area contributed by atoms with Gasteiger partial charge in [-0.2, -0.15) is 0 Å². The van der Waals surface area contributed by atoms with Gasteiger partial charge in [0.1, 0.15) is 0 Å². The number of halogens is 2. The van der Waals surface area contributed by atoms with E-state index in [1.54, 1.807) is 24.3 Å². The van der Waals surface area contributed by atoms with Crippen LogP contribution in [0.3, 0.4) is 0 Å². The number of rotatable bonds is 2. The Morgan fingerprint density at radius 2 is 2.00 bits per heavy atom. The van der Waals surface area contributed by atoms with Gasteiger partial charge in [-0.15, -0.1) is 0 Å². The van der Waals surface area contributed by atoms with Crippen LogP contribution < -0.4 is 5.32 Å². The molecular weight excluding hydrogens is 375 g/mol. The molecule has 0 fully saturated rings. The van der Waals surface area contributed by atoms with Crippen LogP contribution >= 0.6 is 34.2 Å². The second kappa shape index (κ2) is 5.88. The molecule has 0 unspecified atom stereocenters.